The van der Waals surface area contributed by atoms with Crippen LogP contribution in [0.3, 0.4) is 0 Å². The van der Waals surface area contributed by atoms with Gasteiger partial charge in [-0.05, 0) is 37.3 Å². The molecule has 1 N–H and O–H groups in total. The summed E-state index contributed by atoms with van der Waals surface area (Å²) in [6.45, 7) is 2.67. The molecular weight excluding hydrogens is 269 g/mol. The lowest BCUT2D eigenvalue weighted by Gasteiger charge is -2.35. The van der Waals surface area contributed by atoms with E-state index in [9.17, 15) is 9.18 Å². The van der Waals surface area contributed by atoms with Gasteiger partial charge in [0, 0.05) is 23.6 Å². The summed E-state index contributed by atoms with van der Waals surface area (Å²) in [6, 6.07) is 10.1. The summed E-state index contributed by atoms with van der Waals surface area (Å²) in [7, 11) is 0. The minimum absolute atomic E-state index is 0.147. The Kier molecular flexibility index (Phi) is 3.88. The molecule has 4 heteroatoms. The van der Waals surface area contributed by atoms with Crippen LogP contribution in [0.4, 0.5) is 4.39 Å². The summed E-state index contributed by atoms with van der Waals surface area (Å²) in [6.07, 6.45) is 1.95. The molecule has 0 saturated heterocycles. The Hall–Kier alpha value is -1.94. The van der Waals surface area contributed by atoms with E-state index in [0.29, 0.717) is 22.9 Å². The van der Waals surface area contributed by atoms with Crippen molar-refractivity contribution in [3.05, 3.63) is 47.8 Å². The highest BCUT2D eigenvalue weighted by molar-refractivity contribution is 6.07. The maximum Gasteiger partial charge on any atom is 0.252 e. The quantitative estimate of drug-likeness (QED) is 0.937. The van der Waals surface area contributed by atoms with Crippen molar-refractivity contribution >= 4 is 16.7 Å². The number of benzene rings is 2. The summed E-state index contributed by atoms with van der Waals surface area (Å²) in [5, 5.41) is 4.12. The van der Waals surface area contributed by atoms with Crippen molar-refractivity contribution in [1.29, 1.82) is 0 Å². The largest absolute Gasteiger partial charge is 0.378 e. The van der Waals surface area contributed by atoms with Gasteiger partial charge in [-0.25, -0.2) is 4.39 Å². The molecular formula is C17H18FNO2. The van der Waals surface area contributed by atoms with E-state index < -0.39 is 0 Å². The Morgan fingerprint density at radius 3 is 2.67 bits per heavy atom. The number of halogens is 1. The van der Waals surface area contributed by atoms with Crippen LogP contribution in [-0.2, 0) is 4.74 Å². The molecule has 21 heavy (non-hydrogen) atoms. The van der Waals surface area contributed by atoms with Crippen LogP contribution in [-0.4, -0.2) is 24.7 Å². The minimum atomic E-state index is -0.304. The van der Waals surface area contributed by atoms with Crippen LogP contribution >= 0.6 is 0 Å². The van der Waals surface area contributed by atoms with Gasteiger partial charge in [0.25, 0.3) is 5.91 Å². The number of fused-ring (bicyclic) bond motifs is 1. The summed E-state index contributed by atoms with van der Waals surface area (Å²) < 4.78 is 19.2. The van der Waals surface area contributed by atoms with Crippen molar-refractivity contribution in [2.24, 2.45) is 0 Å². The van der Waals surface area contributed by atoms with Gasteiger partial charge in [0.2, 0.25) is 0 Å². The third kappa shape index (κ3) is 2.76. The molecule has 3 rings (SSSR count). The van der Waals surface area contributed by atoms with E-state index in [-0.39, 0.29) is 23.9 Å². The Morgan fingerprint density at radius 2 is 1.95 bits per heavy atom. The number of carbonyl (C=O) groups excluding carboxylic acids is 1. The maximum atomic E-state index is 13.8. The minimum Gasteiger partial charge on any atom is -0.378 e. The molecule has 3 nitrogen and oxygen atoms in total. The van der Waals surface area contributed by atoms with Gasteiger partial charge in [0.1, 0.15) is 5.82 Å². The first-order valence-corrected chi connectivity index (χ1v) is 7.28. The van der Waals surface area contributed by atoms with Gasteiger partial charge >= 0.3 is 0 Å². The third-order valence-electron chi connectivity index (χ3n) is 3.95. The summed E-state index contributed by atoms with van der Waals surface area (Å²) in [5.41, 5.74) is 0.520. The average molecular weight is 287 g/mol. The summed E-state index contributed by atoms with van der Waals surface area (Å²) in [5.74, 6) is -0.451. The van der Waals surface area contributed by atoms with E-state index >= 15 is 0 Å². The molecule has 0 radical (unpaired) electrons. The molecule has 0 aliphatic heterocycles. The smallest absolute Gasteiger partial charge is 0.252 e. The number of ether oxygens (including phenoxy) is 1. The van der Waals surface area contributed by atoms with E-state index in [4.69, 9.17) is 4.74 Å². The van der Waals surface area contributed by atoms with E-state index in [1.54, 1.807) is 24.3 Å². The van der Waals surface area contributed by atoms with Crippen molar-refractivity contribution in [1.82, 2.24) is 5.32 Å². The number of hydrogen-bond donors (Lipinski definition) is 1. The van der Waals surface area contributed by atoms with Crippen LogP contribution in [0.25, 0.3) is 10.8 Å². The highest BCUT2D eigenvalue weighted by Gasteiger charge is 2.31. The Morgan fingerprint density at radius 1 is 1.24 bits per heavy atom. The highest BCUT2D eigenvalue weighted by Crippen LogP contribution is 2.25. The first-order chi connectivity index (χ1) is 10.2. The molecule has 2 aromatic carbocycles. The lowest BCUT2D eigenvalue weighted by atomic mass is 9.89. The predicted molar refractivity (Wildman–Crippen MR) is 79.8 cm³/mol. The van der Waals surface area contributed by atoms with Gasteiger partial charge < -0.3 is 10.1 Å². The van der Waals surface area contributed by atoms with Crippen molar-refractivity contribution < 1.29 is 13.9 Å². The van der Waals surface area contributed by atoms with Crippen LogP contribution in [0, 0.1) is 5.82 Å². The molecule has 1 fully saturated rings. The fraction of sp³-hybridized carbons (Fsp3) is 0.353. The highest BCUT2D eigenvalue weighted by atomic mass is 19.1. The first kappa shape index (κ1) is 14.0. The Balaban J connectivity index is 1.75. The number of carbonyl (C=O) groups is 1. The van der Waals surface area contributed by atoms with Gasteiger partial charge in [-0.1, -0.05) is 24.3 Å². The van der Waals surface area contributed by atoms with Gasteiger partial charge in [-0.3, -0.25) is 4.79 Å². The van der Waals surface area contributed by atoms with Gasteiger partial charge in [-0.15, -0.1) is 0 Å². The molecule has 0 atom stereocenters. The van der Waals surface area contributed by atoms with Crippen molar-refractivity contribution in [2.45, 2.75) is 31.9 Å². The van der Waals surface area contributed by atoms with E-state index in [1.165, 1.54) is 6.07 Å². The van der Waals surface area contributed by atoms with Crippen LogP contribution in [0.1, 0.15) is 30.1 Å². The summed E-state index contributed by atoms with van der Waals surface area (Å²) >= 11 is 0. The standard InChI is InChI=1S/C17H18FNO2/c1-2-21-12-9-11(10-12)19-17(20)15-7-8-16(18)14-6-4-3-5-13(14)15/h3-8,11-12H,2,9-10H2,1H3,(H,19,20). The topological polar surface area (TPSA) is 38.3 Å². The molecule has 1 aliphatic carbocycles. The van der Waals surface area contributed by atoms with Crippen molar-refractivity contribution in [3.8, 4) is 0 Å². The predicted octanol–water partition coefficient (Wildman–Crippen LogP) is 3.28. The molecule has 1 saturated carbocycles. The molecule has 0 unspecified atom stereocenters. The average Bonchev–Trinajstić information content (AvgIpc) is 2.45. The Labute approximate surface area is 123 Å². The molecule has 0 spiro atoms. The fourth-order valence-corrected chi connectivity index (χ4v) is 2.78. The van der Waals surface area contributed by atoms with Crippen LogP contribution in [0.5, 0.6) is 0 Å². The molecule has 1 amide bonds. The van der Waals surface area contributed by atoms with Crippen molar-refractivity contribution in [2.75, 3.05) is 6.61 Å². The first-order valence-electron chi connectivity index (χ1n) is 7.28. The third-order valence-corrected chi connectivity index (χ3v) is 3.95. The van der Waals surface area contributed by atoms with Gasteiger partial charge in [0.05, 0.1) is 6.10 Å². The van der Waals surface area contributed by atoms with E-state index in [0.717, 1.165) is 12.8 Å². The molecule has 0 bridgehead atoms. The van der Waals surface area contributed by atoms with E-state index in [1.807, 2.05) is 13.0 Å². The lowest BCUT2D eigenvalue weighted by molar-refractivity contribution is -0.00861. The second kappa shape index (κ2) is 5.82. The molecule has 1 aliphatic rings. The zero-order valence-electron chi connectivity index (χ0n) is 11.9. The van der Waals surface area contributed by atoms with Crippen LogP contribution in [0.2, 0.25) is 0 Å². The van der Waals surface area contributed by atoms with E-state index in [2.05, 4.69) is 5.32 Å². The SMILES string of the molecule is CCOC1CC(NC(=O)c2ccc(F)c3ccccc23)C1. The second-order valence-corrected chi connectivity index (χ2v) is 5.36. The zero-order valence-corrected chi connectivity index (χ0v) is 11.9. The normalized spacial score (nSPS) is 21.0. The molecule has 110 valence electrons. The number of hydrogen-bond acceptors (Lipinski definition) is 2. The maximum absolute atomic E-state index is 13.8. The second-order valence-electron chi connectivity index (χ2n) is 5.36. The number of amides is 1. The van der Waals surface area contributed by atoms with Crippen LogP contribution < -0.4 is 5.32 Å². The lowest BCUT2D eigenvalue weighted by Crippen LogP contribution is -2.47. The monoisotopic (exact) mass is 287 g/mol. The Bertz CT molecular complexity index is 665. The molecule has 0 heterocycles. The molecule has 2 aromatic rings. The van der Waals surface area contributed by atoms with Gasteiger partial charge in [-0.2, -0.15) is 0 Å². The van der Waals surface area contributed by atoms with Crippen LogP contribution in [0.15, 0.2) is 36.4 Å². The summed E-state index contributed by atoms with van der Waals surface area (Å²) in [4.78, 5) is 12.4. The number of nitrogens with one attached hydrogen (secondary N) is 1. The zero-order chi connectivity index (χ0) is 14.8. The van der Waals surface area contributed by atoms with Crippen molar-refractivity contribution in [3.63, 3.8) is 0 Å². The fourth-order valence-electron chi connectivity index (χ4n) is 2.78. The molecule has 0 aromatic heterocycles. The van der Waals surface area contributed by atoms with Gasteiger partial charge in [0.15, 0.2) is 0 Å². The number of rotatable bonds is 4.